The maximum absolute atomic E-state index is 13.2. The SMILES string of the molecule is CCC(NS(=O)(=O)c1ccc(F)cc1C)c1ccc(C)cc1C. The molecule has 1 atom stereocenters. The molecule has 124 valence electrons. The summed E-state index contributed by atoms with van der Waals surface area (Å²) in [6.07, 6.45) is 0.628. The van der Waals surface area contributed by atoms with Crippen molar-refractivity contribution in [3.05, 3.63) is 64.5 Å². The highest BCUT2D eigenvalue weighted by molar-refractivity contribution is 7.89. The molecule has 0 aliphatic heterocycles. The lowest BCUT2D eigenvalue weighted by molar-refractivity contribution is 0.548. The first-order chi connectivity index (χ1) is 10.7. The fourth-order valence-electron chi connectivity index (χ4n) is 2.75. The highest BCUT2D eigenvalue weighted by Crippen LogP contribution is 2.25. The van der Waals surface area contributed by atoms with Gasteiger partial charge in [-0.15, -0.1) is 0 Å². The Kier molecular flexibility index (Phi) is 5.22. The zero-order valence-electron chi connectivity index (χ0n) is 13.9. The maximum Gasteiger partial charge on any atom is 0.241 e. The van der Waals surface area contributed by atoms with Crippen LogP contribution in [0.1, 0.15) is 41.6 Å². The average molecular weight is 335 g/mol. The molecule has 0 fully saturated rings. The van der Waals surface area contributed by atoms with Gasteiger partial charge in [0.15, 0.2) is 0 Å². The molecule has 2 aromatic rings. The predicted molar refractivity (Wildman–Crippen MR) is 90.4 cm³/mol. The normalized spacial score (nSPS) is 13.1. The molecular formula is C18H22FNO2S. The first kappa shape index (κ1) is 17.6. The number of sulfonamides is 1. The van der Waals surface area contributed by atoms with Gasteiger partial charge in [-0.05, 0) is 62.1 Å². The molecule has 5 heteroatoms. The molecule has 0 saturated carbocycles. The Labute approximate surface area is 137 Å². The quantitative estimate of drug-likeness (QED) is 0.891. The summed E-state index contributed by atoms with van der Waals surface area (Å²) in [5, 5.41) is 0. The fraction of sp³-hybridized carbons (Fsp3) is 0.333. The van der Waals surface area contributed by atoms with Crippen LogP contribution in [0.25, 0.3) is 0 Å². The first-order valence-electron chi connectivity index (χ1n) is 7.60. The second-order valence-electron chi connectivity index (χ2n) is 5.85. The lowest BCUT2D eigenvalue weighted by Crippen LogP contribution is -2.29. The molecule has 1 N–H and O–H groups in total. The Hall–Kier alpha value is -1.72. The van der Waals surface area contributed by atoms with E-state index in [2.05, 4.69) is 4.72 Å². The third kappa shape index (κ3) is 3.98. The lowest BCUT2D eigenvalue weighted by atomic mass is 9.98. The van der Waals surface area contributed by atoms with Gasteiger partial charge in [-0.1, -0.05) is 30.7 Å². The Morgan fingerprint density at radius 3 is 2.30 bits per heavy atom. The minimum atomic E-state index is -3.71. The minimum Gasteiger partial charge on any atom is -0.207 e. The van der Waals surface area contributed by atoms with Crippen LogP contribution in [0.4, 0.5) is 4.39 Å². The van der Waals surface area contributed by atoms with E-state index in [1.54, 1.807) is 6.92 Å². The second-order valence-corrected chi connectivity index (χ2v) is 7.53. The Balaban J connectivity index is 2.37. The monoisotopic (exact) mass is 335 g/mol. The summed E-state index contributed by atoms with van der Waals surface area (Å²) < 4.78 is 41.3. The van der Waals surface area contributed by atoms with Crippen LogP contribution < -0.4 is 4.72 Å². The number of hydrogen-bond donors (Lipinski definition) is 1. The van der Waals surface area contributed by atoms with Crippen molar-refractivity contribution in [3.8, 4) is 0 Å². The van der Waals surface area contributed by atoms with Gasteiger partial charge in [0.25, 0.3) is 0 Å². The molecular weight excluding hydrogens is 313 g/mol. The van der Waals surface area contributed by atoms with E-state index in [-0.39, 0.29) is 10.9 Å². The molecule has 0 aliphatic carbocycles. The van der Waals surface area contributed by atoms with Gasteiger partial charge in [-0.25, -0.2) is 17.5 Å². The number of rotatable bonds is 5. The summed E-state index contributed by atoms with van der Waals surface area (Å²) in [4.78, 5) is 0.113. The third-order valence-electron chi connectivity index (χ3n) is 3.93. The molecule has 0 aliphatic rings. The molecule has 1 unspecified atom stereocenters. The van der Waals surface area contributed by atoms with Gasteiger partial charge < -0.3 is 0 Å². The lowest BCUT2D eigenvalue weighted by Gasteiger charge is -2.20. The highest BCUT2D eigenvalue weighted by atomic mass is 32.2. The average Bonchev–Trinajstić information content (AvgIpc) is 2.44. The Morgan fingerprint density at radius 2 is 1.74 bits per heavy atom. The van der Waals surface area contributed by atoms with Gasteiger partial charge in [-0.3, -0.25) is 0 Å². The van der Waals surface area contributed by atoms with Gasteiger partial charge in [0.05, 0.1) is 4.90 Å². The van der Waals surface area contributed by atoms with E-state index >= 15 is 0 Å². The summed E-state index contributed by atoms with van der Waals surface area (Å²) in [6, 6.07) is 9.36. The Bertz CT molecular complexity index is 816. The van der Waals surface area contributed by atoms with Crippen molar-refractivity contribution in [2.24, 2.45) is 0 Å². The van der Waals surface area contributed by atoms with E-state index in [0.717, 1.165) is 16.7 Å². The van der Waals surface area contributed by atoms with Crippen LogP contribution >= 0.6 is 0 Å². The van der Waals surface area contributed by atoms with Crippen LogP contribution in [0.5, 0.6) is 0 Å². The number of halogens is 1. The van der Waals surface area contributed by atoms with E-state index in [4.69, 9.17) is 0 Å². The molecule has 0 saturated heterocycles. The van der Waals surface area contributed by atoms with Crippen molar-refractivity contribution in [2.45, 2.75) is 45.1 Å². The molecule has 0 amide bonds. The number of hydrogen-bond acceptors (Lipinski definition) is 2. The van der Waals surface area contributed by atoms with Gasteiger partial charge in [0.1, 0.15) is 5.82 Å². The summed E-state index contributed by atoms with van der Waals surface area (Å²) in [7, 11) is -3.71. The molecule has 2 aromatic carbocycles. The third-order valence-corrected chi connectivity index (χ3v) is 5.56. The van der Waals surface area contributed by atoms with Crippen LogP contribution in [0, 0.1) is 26.6 Å². The fourth-order valence-corrected chi connectivity index (χ4v) is 4.27. The van der Waals surface area contributed by atoms with Gasteiger partial charge in [-0.2, -0.15) is 0 Å². The van der Waals surface area contributed by atoms with Crippen molar-refractivity contribution in [2.75, 3.05) is 0 Å². The van der Waals surface area contributed by atoms with E-state index in [1.165, 1.54) is 18.2 Å². The topological polar surface area (TPSA) is 46.2 Å². The van der Waals surface area contributed by atoms with Gasteiger partial charge >= 0.3 is 0 Å². The van der Waals surface area contributed by atoms with Crippen LogP contribution in [-0.4, -0.2) is 8.42 Å². The van der Waals surface area contributed by atoms with Crippen molar-refractivity contribution in [3.63, 3.8) is 0 Å². The zero-order chi connectivity index (χ0) is 17.2. The van der Waals surface area contributed by atoms with E-state index < -0.39 is 15.8 Å². The van der Waals surface area contributed by atoms with E-state index in [1.807, 2.05) is 39.0 Å². The van der Waals surface area contributed by atoms with Crippen LogP contribution in [0.3, 0.4) is 0 Å². The smallest absolute Gasteiger partial charge is 0.207 e. The van der Waals surface area contributed by atoms with Crippen LogP contribution in [-0.2, 0) is 10.0 Å². The summed E-state index contributed by atoms with van der Waals surface area (Å²) >= 11 is 0. The minimum absolute atomic E-state index is 0.113. The maximum atomic E-state index is 13.2. The molecule has 0 spiro atoms. The Morgan fingerprint density at radius 1 is 1.04 bits per heavy atom. The summed E-state index contributed by atoms with van der Waals surface area (Å²) in [6.45, 7) is 7.51. The molecule has 0 aromatic heterocycles. The number of nitrogens with one attached hydrogen (secondary N) is 1. The molecule has 0 radical (unpaired) electrons. The summed E-state index contributed by atoms with van der Waals surface area (Å²) in [5.74, 6) is -0.442. The first-order valence-corrected chi connectivity index (χ1v) is 9.08. The predicted octanol–water partition coefficient (Wildman–Crippen LogP) is 4.18. The van der Waals surface area contributed by atoms with Gasteiger partial charge in [0, 0.05) is 6.04 Å². The standard InChI is InChI=1S/C18H22FNO2S/c1-5-17(16-8-6-12(2)10-13(16)3)20-23(21,22)18-9-7-15(19)11-14(18)4/h6-11,17,20H,5H2,1-4H3. The van der Waals surface area contributed by atoms with Crippen molar-refractivity contribution < 1.29 is 12.8 Å². The summed E-state index contributed by atoms with van der Waals surface area (Å²) in [5.41, 5.74) is 3.54. The molecule has 0 heterocycles. The molecule has 23 heavy (non-hydrogen) atoms. The highest BCUT2D eigenvalue weighted by Gasteiger charge is 2.23. The van der Waals surface area contributed by atoms with Crippen molar-refractivity contribution in [1.82, 2.24) is 4.72 Å². The molecule has 2 rings (SSSR count). The molecule has 3 nitrogen and oxygen atoms in total. The molecule has 0 bridgehead atoms. The van der Waals surface area contributed by atoms with E-state index in [9.17, 15) is 12.8 Å². The van der Waals surface area contributed by atoms with Crippen LogP contribution in [0.2, 0.25) is 0 Å². The number of aryl methyl sites for hydroxylation is 3. The van der Waals surface area contributed by atoms with E-state index in [0.29, 0.717) is 12.0 Å². The van der Waals surface area contributed by atoms with Crippen molar-refractivity contribution in [1.29, 1.82) is 0 Å². The van der Waals surface area contributed by atoms with Gasteiger partial charge in [0.2, 0.25) is 10.0 Å². The zero-order valence-corrected chi connectivity index (χ0v) is 14.7. The van der Waals surface area contributed by atoms with Crippen LogP contribution in [0.15, 0.2) is 41.3 Å². The number of benzene rings is 2. The van der Waals surface area contributed by atoms with Crippen molar-refractivity contribution >= 4 is 10.0 Å². The second kappa shape index (κ2) is 6.81. The largest absolute Gasteiger partial charge is 0.241 e.